The number of ether oxygens (including phenoxy) is 1. The van der Waals surface area contributed by atoms with Gasteiger partial charge >= 0.3 is 5.97 Å². The lowest BCUT2D eigenvalue weighted by Gasteiger charge is -2.35. The maximum absolute atomic E-state index is 12.3. The maximum Gasteiger partial charge on any atom is 0.323 e. The van der Waals surface area contributed by atoms with Crippen LogP contribution in [0.15, 0.2) is 23.8 Å². The van der Waals surface area contributed by atoms with E-state index in [-0.39, 0.29) is 17.8 Å². The predicted octanol–water partition coefficient (Wildman–Crippen LogP) is 2.31. The highest BCUT2D eigenvalue weighted by Crippen LogP contribution is 2.62. The summed E-state index contributed by atoms with van der Waals surface area (Å²) in [6.07, 6.45) is 12.0. The van der Waals surface area contributed by atoms with Crippen molar-refractivity contribution in [2.24, 2.45) is 11.8 Å². The number of allylic oxidation sites excluding steroid dienone is 2. The molecule has 1 fully saturated rings. The average molecular weight is 280 g/mol. The average Bonchev–Trinajstić information content (AvgIpc) is 3.11. The van der Waals surface area contributed by atoms with Crippen LogP contribution in [0.1, 0.15) is 25.7 Å². The summed E-state index contributed by atoms with van der Waals surface area (Å²) in [5.41, 5.74) is 0.291. The van der Waals surface area contributed by atoms with Gasteiger partial charge in [-0.1, -0.05) is 18.2 Å². The Labute approximate surface area is 118 Å². The molecule has 0 spiro atoms. The number of thioether (sulfide) groups is 1. The molecule has 4 atom stereocenters. The van der Waals surface area contributed by atoms with Crippen LogP contribution in [0.25, 0.3) is 0 Å². The van der Waals surface area contributed by atoms with E-state index in [0.717, 1.165) is 24.8 Å². The molecule has 0 amide bonds. The van der Waals surface area contributed by atoms with Crippen LogP contribution in [0, 0.1) is 11.8 Å². The molecule has 0 aromatic heterocycles. The highest BCUT2D eigenvalue weighted by molar-refractivity contribution is 8.00. The Morgan fingerprint density at radius 2 is 2.32 bits per heavy atom. The molecule has 3 rings (SSSR count). The molecule has 3 aliphatic carbocycles. The van der Waals surface area contributed by atoms with Gasteiger partial charge in [-0.25, -0.2) is 0 Å². The van der Waals surface area contributed by atoms with Gasteiger partial charge in [0.05, 0.1) is 12.7 Å². The molecule has 19 heavy (non-hydrogen) atoms. The Morgan fingerprint density at radius 1 is 1.53 bits per heavy atom. The van der Waals surface area contributed by atoms with E-state index in [1.165, 1.54) is 18.9 Å². The normalized spacial score (nSPS) is 43.6. The lowest BCUT2D eigenvalue weighted by atomic mass is 9.79. The van der Waals surface area contributed by atoms with E-state index in [9.17, 15) is 9.90 Å². The number of hydrogen-bond donors (Lipinski definition) is 1. The van der Waals surface area contributed by atoms with Crippen LogP contribution in [0.2, 0.25) is 0 Å². The molecular weight excluding hydrogens is 260 g/mol. The summed E-state index contributed by atoms with van der Waals surface area (Å²) in [5.74, 6) is -0.280. The van der Waals surface area contributed by atoms with Crippen LogP contribution < -0.4 is 0 Å². The summed E-state index contributed by atoms with van der Waals surface area (Å²) in [4.78, 5) is 12.3. The standard InChI is InChI=1S/C15H20O3S/c1-18-13(16)15(19-2)11-7-8-12(15)14(17,9-11)10-5-3-4-6-10/h5,7-8,11-12,17H,3-4,6,9H2,1-2H3/t11-,12-,14-,15+/m0/s1. The van der Waals surface area contributed by atoms with Crippen LogP contribution in [0.3, 0.4) is 0 Å². The predicted molar refractivity (Wildman–Crippen MR) is 75.9 cm³/mol. The zero-order valence-electron chi connectivity index (χ0n) is 11.4. The van der Waals surface area contributed by atoms with Crippen molar-refractivity contribution in [2.75, 3.05) is 13.4 Å². The summed E-state index contributed by atoms with van der Waals surface area (Å²) in [6.45, 7) is 0. The lowest BCUT2D eigenvalue weighted by molar-refractivity contribution is -0.145. The van der Waals surface area contributed by atoms with Gasteiger partial charge in [0, 0.05) is 11.8 Å². The van der Waals surface area contributed by atoms with Crippen molar-refractivity contribution < 1.29 is 14.6 Å². The van der Waals surface area contributed by atoms with Gasteiger partial charge < -0.3 is 9.84 Å². The fraction of sp³-hybridized carbons (Fsp3) is 0.667. The van der Waals surface area contributed by atoms with Crippen molar-refractivity contribution in [3.05, 3.63) is 23.8 Å². The second-order valence-corrected chi connectivity index (χ2v) is 6.79. The van der Waals surface area contributed by atoms with Crippen LogP contribution in [-0.2, 0) is 9.53 Å². The molecule has 2 bridgehead atoms. The number of rotatable bonds is 3. The fourth-order valence-electron chi connectivity index (χ4n) is 4.15. The number of carbonyl (C=O) groups excluding carboxylic acids is 1. The third-order valence-corrected chi connectivity index (χ3v) is 6.43. The first-order valence-corrected chi connectivity index (χ1v) is 8.06. The van der Waals surface area contributed by atoms with E-state index in [1.807, 2.05) is 12.3 Å². The fourth-order valence-corrected chi connectivity index (χ4v) is 5.39. The van der Waals surface area contributed by atoms with E-state index >= 15 is 0 Å². The van der Waals surface area contributed by atoms with Crippen LogP contribution in [-0.4, -0.2) is 34.8 Å². The topological polar surface area (TPSA) is 46.5 Å². The molecule has 1 N–H and O–H groups in total. The van der Waals surface area contributed by atoms with Gasteiger partial charge in [0.1, 0.15) is 4.75 Å². The van der Waals surface area contributed by atoms with Crippen molar-refractivity contribution >= 4 is 17.7 Å². The molecule has 3 aliphatic rings. The number of esters is 1. The maximum atomic E-state index is 12.3. The summed E-state index contributed by atoms with van der Waals surface area (Å²) < 4.78 is 4.40. The van der Waals surface area contributed by atoms with Gasteiger partial charge in [0.2, 0.25) is 0 Å². The Hall–Kier alpha value is -0.740. The Bertz CT molecular complexity index is 470. The molecular formula is C15H20O3S. The van der Waals surface area contributed by atoms with Gasteiger partial charge in [-0.3, -0.25) is 4.79 Å². The van der Waals surface area contributed by atoms with Crippen molar-refractivity contribution in [3.8, 4) is 0 Å². The second kappa shape index (κ2) is 4.38. The Balaban J connectivity index is 2.02. The SMILES string of the molecule is COC(=O)[C@]1(SC)[C@H]2C=C[C@H]1C[C@]2(O)C1=CCCC1. The van der Waals surface area contributed by atoms with Crippen LogP contribution in [0.4, 0.5) is 0 Å². The summed E-state index contributed by atoms with van der Waals surface area (Å²) in [7, 11) is 1.44. The number of fused-ring (bicyclic) bond motifs is 2. The molecule has 0 aliphatic heterocycles. The molecule has 0 unspecified atom stereocenters. The van der Waals surface area contributed by atoms with Crippen molar-refractivity contribution in [1.29, 1.82) is 0 Å². The van der Waals surface area contributed by atoms with Crippen LogP contribution in [0.5, 0.6) is 0 Å². The third kappa shape index (κ3) is 1.53. The zero-order chi connectivity index (χ0) is 13.7. The summed E-state index contributed by atoms with van der Waals surface area (Å²) in [6, 6.07) is 0. The van der Waals surface area contributed by atoms with E-state index in [4.69, 9.17) is 4.74 Å². The summed E-state index contributed by atoms with van der Waals surface area (Å²) >= 11 is 1.53. The highest BCUT2D eigenvalue weighted by Gasteiger charge is 2.67. The smallest absolute Gasteiger partial charge is 0.323 e. The molecule has 0 heterocycles. The molecule has 0 saturated heterocycles. The van der Waals surface area contributed by atoms with E-state index in [0.29, 0.717) is 6.42 Å². The minimum Gasteiger partial charge on any atom is -0.468 e. The number of carbonyl (C=O) groups is 1. The molecule has 0 radical (unpaired) electrons. The first-order chi connectivity index (χ1) is 9.09. The van der Waals surface area contributed by atoms with E-state index < -0.39 is 10.3 Å². The minimum atomic E-state index is -0.840. The molecule has 4 heteroatoms. The first-order valence-electron chi connectivity index (χ1n) is 6.83. The Morgan fingerprint density at radius 3 is 2.89 bits per heavy atom. The molecule has 3 nitrogen and oxygen atoms in total. The van der Waals surface area contributed by atoms with Crippen molar-refractivity contribution in [3.63, 3.8) is 0 Å². The first kappa shape index (κ1) is 13.3. The van der Waals surface area contributed by atoms with Crippen molar-refractivity contribution in [2.45, 2.75) is 36.0 Å². The Kier molecular flexibility index (Phi) is 3.06. The van der Waals surface area contributed by atoms with E-state index in [1.54, 1.807) is 0 Å². The molecule has 1 saturated carbocycles. The molecule has 104 valence electrons. The van der Waals surface area contributed by atoms with Gasteiger partial charge in [0.15, 0.2) is 0 Å². The van der Waals surface area contributed by atoms with Gasteiger partial charge in [-0.15, -0.1) is 11.8 Å². The highest BCUT2D eigenvalue weighted by atomic mass is 32.2. The van der Waals surface area contributed by atoms with Gasteiger partial charge in [-0.05, 0) is 37.5 Å². The number of methoxy groups -OCH3 is 1. The molecule has 0 aromatic carbocycles. The largest absolute Gasteiger partial charge is 0.468 e. The second-order valence-electron chi connectivity index (χ2n) is 5.71. The molecule has 0 aromatic rings. The van der Waals surface area contributed by atoms with E-state index in [2.05, 4.69) is 12.2 Å². The number of hydrogen-bond acceptors (Lipinski definition) is 4. The number of aliphatic hydroxyl groups is 1. The summed E-state index contributed by atoms with van der Waals surface area (Å²) in [5, 5.41) is 11.2. The van der Waals surface area contributed by atoms with Crippen molar-refractivity contribution in [1.82, 2.24) is 0 Å². The minimum absolute atomic E-state index is 0.0754. The van der Waals surface area contributed by atoms with Gasteiger partial charge in [-0.2, -0.15) is 0 Å². The third-order valence-electron chi connectivity index (χ3n) is 5.03. The zero-order valence-corrected chi connectivity index (χ0v) is 12.2. The van der Waals surface area contributed by atoms with Crippen LogP contribution >= 0.6 is 11.8 Å². The monoisotopic (exact) mass is 280 g/mol. The van der Waals surface area contributed by atoms with Gasteiger partial charge in [0.25, 0.3) is 0 Å². The lowest BCUT2D eigenvalue weighted by Crippen LogP contribution is -2.47. The quantitative estimate of drug-likeness (QED) is 0.636.